The Bertz CT molecular complexity index is 959. The quantitative estimate of drug-likeness (QED) is 0.541. The molecule has 4 rings (SSSR count). The minimum absolute atomic E-state index is 0.391. The molecular formula is C26H37N5O2. The van der Waals surface area contributed by atoms with E-state index < -0.39 is 0 Å². The first-order valence-corrected chi connectivity index (χ1v) is 12.5. The molecule has 178 valence electrons. The Morgan fingerprint density at radius 3 is 2.52 bits per heavy atom. The zero-order valence-corrected chi connectivity index (χ0v) is 20.1. The van der Waals surface area contributed by atoms with Gasteiger partial charge in [-0.2, -0.15) is 5.26 Å². The van der Waals surface area contributed by atoms with Crippen molar-refractivity contribution in [2.24, 2.45) is 0 Å². The lowest BCUT2D eigenvalue weighted by Crippen LogP contribution is -2.39. The summed E-state index contributed by atoms with van der Waals surface area (Å²) in [6, 6.07) is 8.38. The van der Waals surface area contributed by atoms with Crippen LogP contribution in [0.2, 0.25) is 0 Å². The lowest BCUT2D eigenvalue weighted by molar-refractivity contribution is 0.219. The number of anilines is 1. The van der Waals surface area contributed by atoms with Crippen LogP contribution >= 0.6 is 0 Å². The third-order valence-electron chi connectivity index (χ3n) is 6.77. The van der Waals surface area contributed by atoms with Crippen LogP contribution in [0.5, 0.6) is 11.5 Å². The Hall–Kier alpha value is -2.56. The summed E-state index contributed by atoms with van der Waals surface area (Å²) in [4.78, 5) is 9.58. The highest BCUT2D eigenvalue weighted by atomic mass is 16.5. The molecule has 0 bridgehead atoms. The van der Waals surface area contributed by atoms with Crippen LogP contribution < -0.4 is 14.8 Å². The number of methoxy groups -OCH3 is 1. The Morgan fingerprint density at radius 2 is 1.82 bits per heavy atom. The molecule has 2 saturated heterocycles. The van der Waals surface area contributed by atoms with E-state index in [1.807, 2.05) is 18.2 Å². The molecule has 0 atom stereocenters. The normalized spacial score (nSPS) is 17.8. The molecule has 1 N–H and O–H groups in total. The third-order valence-corrected chi connectivity index (χ3v) is 6.77. The maximum Gasteiger partial charge on any atom is 0.163 e. The summed E-state index contributed by atoms with van der Waals surface area (Å²) in [5.74, 6) is 1.39. The Labute approximate surface area is 197 Å². The molecule has 3 heterocycles. The minimum atomic E-state index is 0.391. The molecular weight excluding hydrogens is 414 g/mol. The highest BCUT2D eigenvalue weighted by Gasteiger charge is 2.20. The summed E-state index contributed by atoms with van der Waals surface area (Å²) in [5.41, 5.74) is 2.12. The molecule has 7 heteroatoms. The molecule has 0 saturated carbocycles. The number of piperidine rings is 1. The maximum atomic E-state index is 9.56. The van der Waals surface area contributed by atoms with Gasteiger partial charge in [-0.15, -0.1) is 0 Å². The van der Waals surface area contributed by atoms with Gasteiger partial charge in [0.05, 0.1) is 19.2 Å². The average Bonchev–Trinajstić information content (AvgIpc) is 3.36. The number of fused-ring (bicyclic) bond motifs is 1. The van der Waals surface area contributed by atoms with Crippen LogP contribution in [0.3, 0.4) is 0 Å². The van der Waals surface area contributed by atoms with Gasteiger partial charge in [0.1, 0.15) is 11.8 Å². The van der Waals surface area contributed by atoms with E-state index in [1.165, 1.54) is 38.9 Å². The van der Waals surface area contributed by atoms with Crippen LogP contribution in [0.1, 0.15) is 51.1 Å². The molecule has 2 aromatic rings. The van der Waals surface area contributed by atoms with Gasteiger partial charge in [-0.3, -0.25) is 0 Å². The summed E-state index contributed by atoms with van der Waals surface area (Å²) < 4.78 is 11.8. The fourth-order valence-corrected chi connectivity index (χ4v) is 5.00. The second-order valence-corrected chi connectivity index (χ2v) is 9.20. The van der Waals surface area contributed by atoms with Gasteiger partial charge >= 0.3 is 0 Å². The lowest BCUT2D eigenvalue weighted by Gasteiger charge is -2.32. The number of pyridine rings is 1. The van der Waals surface area contributed by atoms with E-state index in [-0.39, 0.29) is 0 Å². The van der Waals surface area contributed by atoms with Crippen molar-refractivity contribution in [1.29, 1.82) is 5.26 Å². The van der Waals surface area contributed by atoms with Crippen LogP contribution in [0.15, 0.2) is 18.2 Å². The smallest absolute Gasteiger partial charge is 0.163 e. The topological polar surface area (TPSA) is 73.7 Å². The van der Waals surface area contributed by atoms with Gasteiger partial charge in [0.15, 0.2) is 11.5 Å². The van der Waals surface area contributed by atoms with Crippen LogP contribution in [0, 0.1) is 11.3 Å². The molecule has 0 radical (unpaired) electrons. The fraction of sp³-hybridized carbons (Fsp3) is 0.615. The minimum Gasteiger partial charge on any atom is -0.493 e. The second kappa shape index (κ2) is 11.5. The molecule has 0 unspecified atom stereocenters. The lowest BCUT2D eigenvalue weighted by atomic mass is 10.0. The number of aromatic nitrogens is 1. The second-order valence-electron chi connectivity index (χ2n) is 9.20. The monoisotopic (exact) mass is 451 g/mol. The van der Waals surface area contributed by atoms with E-state index in [4.69, 9.17) is 9.47 Å². The zero-order chi connectivity index (χ0) is 23.0. The molecule has 1 aromatic heterocycles. The maximum absolute atomic E-state index is 9.56. The van der Waals surface area contributed by atoms with E-state index >= 15 is 0 Å². The largest absolute Gasteiger partial charge is 0.493 e. The van der Waals surface area contributed by atoms with Gasteiger partial charge < -0.3 is 24.6 Å². The fourth-order valence-electron chi connectivity index (χ4n) is 5.00. The van der Waals surface area contributed by atoms with E-state index in [1.54, 1.807) is 7.11 Å². The molecule has 33 heavy (non-hydrogen) atoms. The molecule has 7 nitrogen and oxygen atoms in total. The van der Waals surface area contributed by atoms with Crippen molar-refractivity contribution in [2.75, 3.05) is 58.3 Å². The summed E-state index contributed by atoms with van der Waals surface area (Å²) in [5, 5.41) is 14.2. The van der Waals surface area contributed by atoms with Crippen molar-refractivity contribution in [3.63, 3.8) is 0 Å². The zero-order valence-electron chi connectivity index (χ0n) is 20.1. The van der Waals surface area contributed by atoms with Crippen molar-refractivity contribution in [3.05, 3.63) is 23.9 Å². The Kier molecular flexibility index (Phi) is 8.25. The van der Waals surface area contributed by atoms with Gasteiger partial charge in [-0.05, 0) is 70.3 Å². The number of nitrogens with one attached hydrogen (secondary N) is 1. The molecule has 0 spiro atoms. The summed E-state index contributed by atoms with van der Waals surface area (Å²) in [7, 11) is 1.67. The molecule has 0 aliphatic carbocycles. The highest BCUT2D eigenvalue weighted by Crippen LogP contribution is 2.36. The number of rotatable bonds is 10. The molecule has 2 aliphatic rings. The van der Waals surface area contributed by atoms with E-state index in [0.717, 1.165) is 55.5 Å². The van der Waals surface area contributed by atoms with E-state index in [2.05, 4.69) is 33.1 Å². The predicted molar refractivity (Wildman–Crippen MR) is 132 cm³/mol. The number of nitrogens with zero attached hydrogens (tertiary/aromatic N) is 4. The number of likely N-dealkylation sites (tertiary alicyclic amines) is 2. The predicted octanol–water partition coefficient (Wildman–Crippen LogP) is 4.27. The summed E-state index contributed by atoms with van der Waals surface area (Å²) in [6.45, 7) is 9.73. The first kappa shape index (κ1) is 23.6. The van der Waals surface area contributed by atoms with Crippen molar-refractivity contribution in [3.8, 4) is 17.6 Å². The number of hydrogen-bond donors (Lipinski definition) is 1. The van der Waals surface area contributed by atoms with Crippen LogP contribution in [0.4, 0.5) is 5.69 Å². The van der Waals surface area contributed by atoms with Gasteiger partial charge in [-0.1, -0.05) is 6.92 Å². The molecule has 1 aromatic carbocycles. The van der Waals surface area contributed by atoms with E-state index in [0.29, 0.717) is 29.8 Å². The third kappa shape index (κ3) is 6.07. The number of ether oxygens (including phenoxy) is 2. The number of hydrogen-bond acceptors (Lipinski definition) is 7. The van der Waals surface area contributed by atoms with Crippen molar-refractivity contribution >= 4 is 16.6 Å². The van der Waals surface area contributed by atoms with Gasteiger partial charge in [0.25, 0.3) is 0 Å². The number of benzene rings is 1. The first-order chi connectivity index (χ1) is 16.2. The van der Waals surface area contributed by atoms with Crippen LogP contribution in [0.25, 0.3) is 10.9 Å². The number of nitriles is 1. The summed E-state index contributed by atoms with van der Waals surface area (Å²) >= 11 is 0. The van der Waals surface area contributed by atoms with E-state index in [9.17, 15) is 5.26 Å². The van der Waals surface area contributed by atoms with Crippen molar-refractivity contribution < 1.29 is 9.47 Å². The van der Waals surface area contributed by atoms with Crippen molar-refractivity contribution in [1.82, 2.24) is 14.8 Å². The highest BCUT2D eigenvalue weighted by molar-refractivity contribution is 5.94. The summed E-state index contributed by atoms with van der Waals surface area (Å²) in [6.07, 6.45) is 6.99. The van der Waals surface area contributed by atoms with Gasteiger partial charge in [0.2, 0.25) is 0 Å². The molecule has 0 amide bonds. The SMILES string of the molecule is CCCN1CCC(Nc2cc(C#N)nc3cc(OCCCN4CCCC4)c(OC)cc23)CC1. The van der Waals surface area contributed by atoms with Crippen LogP contribution in [-0.2, 0) is 0 Å². The Balaban J connectivity index is 1.48. The first-order valence-electron chi connectivity index (χ1n) is 12.5. The van der Waals surface area contributed by atoms with Crippen LogP contribution in [-0.4, -0.2) is 73.8 Å². The molecule has 2 aliphatic heterocycles. The Morgan fingerprint density at radius 1 is 1.06 bits per heavy atom. The van der Waals surface area contributed by atoms with Gasteiger partial charge in [0, 0.05) is 42.8 Å². The average molecular weight is 452 g/mol. The molecule has 2 fully saturated rings. The standard InChI is InChI=1S/C26H37N5O2/c1-3-9-30-13-7-20(8-14-30)28-23-16-21(19-27)29-24-18-26(25(32-2)17-22(23)24)33-15-6-12-31-10-4-5-11-31/h16-18,20H,3-15H2,1-2H3,(H,28,29). The van der Waals surface area contributed by atoms with Gasteiger partial charge in [-0.25, -0.2) is 4.98 Å². The van der Waals surface area contributed by atoms with Crippen molar-refractivity contribution in [2.45, 2.75) is 51.5 Å².